The molecule has 0 aliphatic heterocycles. The molecule has 0 aromatic rings. The fourth-order valence-corrected chi connectivity index (χ4v) is 1.21. The largest absolute Gasteiger partial charge is 0.469 e. The second-order valence-corrected chi connectivity index (χ2v) is 3.13. The molecular weight excluding hydrogens is 178 g/mol. The second-order valence-electron chi connectivity index (χ2n) is 3.13. The average molecular weight is 194 g/mol. The van der Waals surface area contributed by atoms with Gasteiger partial charge in [0.05, 0.1) is 13.0 Å². The van der Waals surface area contributed by atoms with Crippen LogP contribution in [0.1, 0.15) is 19.3 Å². The summed E-state index contributed by atoms with van der Waals surface area (Å²) in [5, 5.41) is 0. The van der Waals surface area contributed by atoms with Gasteiger partial charge in [0.2, 0.25) is 0 Å². The molecule has 0 radical (unpaired) electrons. The maximum Gasteiger partial charge on any atom is 0.309 e. The highest BCUT2D eigenvalue weighted by Crippen LogP contribution is 2.35. The number of esters is 1. The molecule has 12 heavy (non-hydrogen) atoms. The van der Waals surface area contributed by atoms with Crippen molar-refractivity contribution in [1.82, 2.24) is 0 Å². The van der Waals surface area contributed by atoms with Crippen molar-refractivity contribution < 1.29 is 9.53 Å². The summed E-state index contributed by atoms with van der Waals surface area (Å²) in [4.78, 5) is 11.0. The number of halogens is 1. The van der Waals surface area contributed by atoms with Gasteiger partial charge in [0.15, 0.2) is 0 Å². The molecule has 72 valence electrons. The molecule has 0 bridgehead atoms. The molecule has 2 N–H and O–H groups in total. The SMILES string of the molecule is COC(=O)C(CN)CC1CC1.Cl. The molecule has 0 aromatic carbocycles. The molecule has 1 aliphatic rings. The van der Waals surface area contributed by atoms with Gasteiger partial charge in [0, 0.05) is 6.54 Å². The zero-order chi connectivity index (χ0) is 8.27. The molecule has 1 aliphatic carbocycles. The molecule has 1 unspecified atom stereocenters. The Hall–Kier alpha value is -0.280. The van der Waals surface area contributed by atoms with Crippen LogP contribution in [0.15, 0.2) is 0 Å². The molecule has 0 aromatic heterocycles. The van der Waals surface area contributed by atoms with Gasteiger partial charge in [-0.25, -0.2) is 0 Å². The first-order valence-corrected chi connectivity index (χ1v) is 4.05. The van der Waals surface area contributed by atoms with Crippen molar-refractivity contribution in [1.29, 1.82) is 0 Å². The third-order valence-electron chi connectivity index (χ3n) is 2.13. The van der Waals surface area contributed by atoms with Gasteiger partial charge < -0.3 is 10.5 Å². The molecule has 1 fully saturated rings. The number of carbonyl (C=O) groups excluding carboxylic acids is 1. The van der Waals surface area contributed by atoms with Crippen LogP contribution in [0.25, 0.3) is 0 Å². The average Bonchev–Trinajstić information content (AvgIpc) is 2.82. The lowest BCUT2D eigenvalue weighted by Gasteiger charge is -2.10. The van der Waals surface area contributed by atoms with E-state index in [0.717, 1.165) is 12.3 Å². The first-order chi connectivity index (χ1) is 5.27. The summed E-state index contributed by atoms with van der Waals surface area (Å²) in [6.45, 7) is 0.420. The Kier molecular flexibility index (Phi) is 5.25. The van der Waals surface area contributed by atoms with Crippen LogP contribution in [0.5, 0.6) is 0 Å². The number of methoxy groups -OCH3 is 1. The minimum absolute atomic E-state index is 0. The fourth-order valence-electron chi connectivity index (χ4n) is 1.21. The minimum atomic E-state index is -0.153. The predicted molar refractivity (Wildman–Crippen MR) is 49.1 cm³/mol. The monoisotopic (exact) mass is 193 g/mol. The Labute approximate surface area is 79.1 Å². The summed E-state index contributed by atoms with van der Waals surface area (Å²) in [6, 6.07) is 0. The lowest BCUT2D eigenvalue weighted by Crippen LogP contribution is -2.25. The maximum absolute atomic E-state index is 11.0. The number of hydrogen-bond donors (Lipinski definition) is 1. The highest BCUT2D eigenvalue weighted by molar-refractivity contribution is 5.85. The van der Waals surface area contributed by atoms with E-state index in [1.807, 2.05) is 0 Å². The van der Waals surface area contributed by atoms with E-state index in [1.165, 1.54) is 20.0 Å². The predicted octanol–water partition coefficient (Wildman–Crippen LogP) is 0.956. The molecule has 0 heterocycles. The molecule has 0 amide bonds. The van der Waals surface area contributed by atoms with Gasteiger partial charge in [-0.2, -0.15) is 0 Å². The van der Waals surface area contributed by atoms with E-state index >= 15 is 0 Å². The van der Waals surface area contributed by atoms with Crippen molar-refractivity contribution in [3.05, 3.63) is 0 Å². The van der Waals surface area contributed by atoms with Gasteiger partial charge in [-0.1, -0.05) is 12.8 Å². The Balaban J connectivity index is 0.00000121. The van der Waals surface area contributed by atoms with Gasteiger partial charge in [0.25, 0.3) is 0 Å². The van der Waals surface area contributed by atoms with Gasteiger partial charge >= 0.3 is 5.97 Å². The lowest BCUT2D eigenvalue weighted by atomic mass is 10.0. The van der Waals surface area contributed by atoms with Crippen LogP contribution in [0.2, 0.25) is 0 Å². The van der Waals surface area contributed by atoms with Gasteiger partial charge in [-0.05, 0) is 12.3 Å². The molecule has 1 saturated carbocycles. The van der Waals surface area contributed by atoms with Crippen molar-refractivity contribution in [2.24, 2.45) is 17.6 Å². The fraction of sp³-hybridized carbons (Fsp3) is 0.875. The zero-order valence-electron chi connectivity index (χ0n) is 7.29. The first kappa shape index (κ1) is 11.7. The van der Waals surface area contributed by atoms with Crippen LogP contribution in [0.4, 0.5) is 0 Å². The first-order valence-electron chi connectivity index (χ1n) is 4.05. The van der Waals surface area contributed by atoms with E-state index in [2.05, 4.69) is 4.74 Å². The van der Waals surface area contributed by atoms with Crippen LogP contribution in [0, 0.1) is 11.8 Å². The third-order valence-corrected chi connectivity index (χ3v) is 2.13. The van der Waals surface area contributed by atoms with Crippen LogP contribution < -0.4 is 5.73 Å². The van der Waals surface area contributed by atoms with Crippen LogP contribution in [0.3, 0.4) is 0 Å². The smallest absolute Gasteiger partial charge is 0.309 e. The van der Waals surface area contributed by atoms with E-state index in [1.54, 1.807) is 0 Å². The zero-order valence-corrected chi connectivity index (χ0v) is 8.10. The van der Waals surface area contributed by atoms with Crippen LogP contribution >= 0.6 is 12.4 Å². The number of carbonyl (C=O) groups is 1. The summed E-state index contributed by atoms with van der Waals surface area (Å²) in [7, 11) is 1.41. The normalized spacial score (nSPS) is 17.8. The van der Waals surface area contributed by atoms with Crippen molar-refractivity contribution in [2.75, 3.05) is 13.7 Å². The Morgan fingerprint density at radius 2 is 2.25 bits per heavy atom. The summed E-state index contributed by atoms with van der Waals surface area (Å²) in [5.41, 5.74) is 5.42. The van der Waals surface area contributed by atoms with E-state index in [4.69, 9.17) is 5.73 Å². The Bertz CT molecular complexity index is 148. The van der Waals surface area contributed by atoms with Crippen LogP contribution in [-0.2, 0) is 9.53 Å². The number of ether oxygens (including phenoxy) is 1. The summed E-state index contributed by atoms with van der Waals surface area (Å²) in [5.74, 6) is 0.523. The molecule has 3 nitrogen and oxygen atoms in total. The number of rotatable bonds is 4. The topological polar surface area (TPSA) is 52.3 Å². The second kappa shape index (κ2) is 5.38. The standard InChI is InChI=1S/C8H15NO2.ClH/c1-11-8(10)7(5-9)4-6-2-3-6;/h6-7H,2-5,9H2,1H3;1H. The molecule has 4 heteroatoms. The van der Waals surface area contributed by atoms with E-state index in [9.17, 15) is 4.79 Å². The van der Waals surface area contributed by atoms with Crippen LogP contribution in [-0.4, -0.2) is 19.6 Å². The van der Waals surface area contributed by atoms with Crippen molar-refractivity contribution >= 4 is 18.4 Å². The molecule has 1 atom stereocenters. The van der Waals surface area contributed by atoms with Crippen molar-refractivity contribution in [2.45, 2.75) is 19.3 Å². The van der Waals surface area contributed by atoms with Crippen molar-refractivity contribution in [3.63, 3.8) is 0 Å². The summed E-state index contributed by atoms with van der Waals surface area (Å²) < 4.78 is 4.61. The Morgan fingerprint density at radius 1 is 1.67 bits per heavy atom. The van der Waals surface area contributed by atoms with E-state index in [0.29, 0.717) is 6.54 Å². The van der Waals surface area contributed by atoms with Gasteiger partial charge in [0.1, 0.15) is 0 Å². The minimum Gasteiger partial charge on any atom is -0.469 e. The summed E-state index contributed by atoms with van der Waals surface area (Å²) >= 11 is 0. The van der Waals surface area contributed by atoms with Crippen molar-refractivity contribution in [3.8, 4) is 0 Å². The Morgan fingerprint density at radius 3 is 2.58 bits per heavy atom. The van der Waals surface area contributed by atoms with E-state index < -0.39 is 0 Å². The van der Waals surface area contributed by atoms with E-state index in [-0.39, 0.29) is 24.3 Å². The third kappa shape index (κ3) is 3.41. The highest BCUT2D eigenvalue weighted by atomic mass is 35.5. The highest BCUT2D eigenvalue weighted by Gasteiger charge is 2.28. The molecule has 0 saturated heterocycles. The molecular formula is C8H16ClNO2. The quantitative estimate of drug-likeness (QED) is 0.677. The molecule has 0 spiro atoms. The lowest BCUT2D eigenvalue weighted by molar-refractivity contribution is -0.145. The molecule has 1 rings (SSSR count). The van der Waals surface area contributed by atoms with Gasteiger partial charge in [-0.3, -0.25) is 4.79 Å². The van der Waals surface area contributed by atoms with Gasteiger partial charge in [-0.15, -0.1) is 12.4 Å². The summed E-state index contributed by atoms with van der Waals surface area (Å²) in [6.07, 6.45) is 3.43. The number of hydrogen-bond acceptors (Lipinski definition) is 3. The number of nitrogens with two attached hydrogens (primary N) is 1. The maximum atomic E-state index is 11.0.